The van der Waals surface area contributed by atoms with Crippen molar-refractivity contribution in [3.05, 3.63) is 41.8 Å². The van der Waals surface area contributed by atoms with E-state index in [2.05, 4.69) is 21.6 Å². The molecule has 2 aromatic rings. The summed E-state index contributed by atoms with van der Waals surface area (Å²) in [6.45, 7) is 1.76. The Kier molecular flexibility index (Phi) is 4.77. The van der Waals surface area contributed by atoms with Crippen LogP contribution in [0.25, 0.3) is 0 Å². The molecule has 20 heavy (non-hydrogen) atoms. The van der Waals surface area contributed by atoms with E-state index in [1.807, 2.05) is 30.3 Å². The van der Waals surface area contributed by atoms with Crippen LogP contribution in [0.2, 0.25) is 0 Å². The van der Waals surface area contributed by atoms with Gasteiger partial charge in [0.05, 0.1) is 6.07 Å². The predicted molar refractivity (Wildman–Crippen MR) is 77.2 cm³/mol. The van der Waals surface area contributed by atoms with Crippen molar-refractivity contribution in [3.8, 4) is 6.07 Å². The fourth-order valence-electron chi connectivity index (χ4n) is 1.94. The predicted octanol–water partition coefficient (Wildman–Crippen LogP) is 2.50. The highest BCUT2D eigenvalue weighted by Crippen LogP contribution is 2.27. The average molecular weight is 288 g/mol. The zero-order valence-electron chi connectivity index (χ0n) is 11.5. The topological polar surface area (TPSA) is 74.7 Å². The lowest BCUT2D eigenvalue weighted by Gasteiger charge is -2.26. The van der Waals surface area contributed by atoms with Crippen LogP contribution in [0.3, 0.4) is 0 Å². The Hall–Kier alpha value is -1.84. The second-order valence-electron chi connectivity index (χ2n) is 4.32. The summed E-state index contributed by atoms with van der Waals surface area (Å²) in [4.78, 5) is 0. The van der Waals surface area contributed by atoms with Crippen molar-refractivity contribution < 1.29 is 4.42 Å². The van der Waals surface area contributed by atoms with Gasteiger partial charge in [0.1, 0.15) is 5.54 Å². The third kappa shape index (κ3) is 3.18. The molecule has 0 aliphatic carbocycles. The van der Waals surface area contributed by atoms with Gasteiger partial charge in [-0.2, -0.15) is 5.26 Å². The van der Waals surface area contributed by atoms with E-state index in [1.54, 1.807) is 14.0 Å². The van der Waals surface area contributed by atoms with Gasteiger partial charge in [0.2, 0.25) is 5.89 Å². The first-order chi connectivity index (χ1) is 9.70. The summed E-state index contributed by atoms with van der Waals surface area (Å²) < 4.78 is 5.31. The molecule has 5 nitrogen and oxygen atoms in total. The molecule has 0 fully saturated rings. The highest BCUT2D eigenvalue weighted by molar-refractivity contribution is 7.99. The van der Waals surface area contributed by atoms with Crippen molar-refractivity contribution in [3.63, 3.8) is 0 Å². The number of hydrogen-bond acceptors (Lipinski definition) is 6. The number of rotatable bonds is 6. The van der Waals surface area contributed by atoms with Crippen molar-refractivity contribution in [2.75, 3.05) is 12.8 Å². The van der Waals surface area contributed by atoms with Gasteiger partial charge in [0.15, 0.2) is 0 Å². The number of thioether (sulfide) groups is 1. The number of nitriles is 1. The Balaban J connectivity index is 2.05. The van der Waals surface area contributed by atoms with Crippen molar-refractivity contribution in [1.82, 2.24) is 15.5 Å². The normalized spacial score (nSPS) is 13.7. The van der Waals surface area contributed by atoms with Crippen LogP contribution in [0, 0.1) is 18.3 Å². The van der Waals surface area contributed by atoms with E-state index in [4.69, 9.17) is 4.42 Å². The van der Waals surface area contributed by atoms with Gasteiger partial charge < -0.3 is 4.42 Å². The summed E-state index contributed by atoms with van der Waals surface area (Å²) in [5.41, 5.74) is 0.274. The maximum atomic E-state index is 9.56. The Bertz CT molecular complexity index is 593. The molecule has 2 rings (SSSR count). The molecule has 1 heterocycles. The average Bonchev–Trinajstić information content (AvgIpc) is 2.90. The number of aromatic nitrogens is 2. The molecular formula is C14H16N4OS. The molecule has 1 unspecified atom stereocenters. The van der Waals surface area contributed by atoms with Gasteiger partial charge in [-0.1, -0.05) is 42.1 Å². The minimum absolute atomic E-state index is 0.540. The monoisotopic (exact) mass is 288 g/mol. The first-order valence-electron chi connectivity index (χ1n) is 6.29. The maximum absolute atomic E-state index is 9.56. The van der Waals surface area contributed by atoms with E-state index in [0.717, 1.165) is 5.56 Å². The van der Waals surface area contributed by atoms with E-state index in [9.17, 15) is 5.26 Å². The molecule has 0 saturated heterocycles. The molecule has 0 aliphatic heterocycles. The number of nitrogens with one attached hydrogen (secondary N) is 1. The lowest BCUT2D eigenvalue weighted by Crippen LogP contribution is -2.39. The second-order valence-corrected chi connectivity index (χ2v) is 5.36. The largest absolute Gasteiger partial charge is 0.416 e. The fourth-order valence-corrected chi connectivity index (χ4v) is 2.80. The Morgan fingerprint density at radius 2 is 2.10 bits per heavy atom. The maximum Gasteiger partial charge on any atom is 0.276 e. The van der Waals surface area contributed by atoms with Crippen LogP contribution in [0.1, 0.15) is 17.9 Å². The van der Waals surface area contributed by atoms with Gasteiger partial charge in [0, 0.05) is 12.7 Å². The summed E-state index contributed by atoms with van der Waals surface area (Å²) in [5, 5.41) is 20.9. The van der Waals surface area contributed by atoms with Crippen LogP contribution in [-0.2, 0) is 5.54 Å². The molecule has 0 spiro atoms. The number of aryl methyl sites for hydroxylation is 1. The zero-order chi connectivity index (χ0) is 14.4. The fraction of sp³-hybridized carbons (Fsp3) is 0.357. The first-order valence-corrected chi connectivity index (χ1v) is 7.27. The molecular weight excluding hydrogens is 272 g/mol. The van der Waals surface area contributed by atoms with E-state index >= 15 is 0 Å². The van der Waals surface area contributed by atoms with Gasteiger partial charge >= 0.3 is 0 Å². The molecule has 0 aliphatic rings. The van der Waals surface area contributed by atoms with Gasteiger partial charge in [-0.3, -0.25) is 5.32 Å². The molecule has 0 saturated carbocycles. The van der Waals surface area contributed by atoms with Crippen LogP contribution >= 0.6 is 11.8 Å². The zero-order valence-corrected chi connectivity index (χ0v) is 12.3. The molecule has 6 heteroatoms. The second kappa shape index (κ2) is 6.55. The molecule has 0 amide bonds. The van der Waals surface area contributed by atoms with E-state index in [0.29, 0.717) is 23.3 Å². The molecule has 1 aromatic carbocycles. The van der Waals surface area contributed by atoms with Gasteiger partial charge in [-0.25, -0.2) is 0 Å². The highest BCUT2D eigenvalue weighted by Gasteiger charge is 2.30. The Labute approximate surface area is 122 Å². The lowest BCUT2D eigenvalue weighted by molar-refractivity contribution is 0.426. The summed E-state index contributed by atoms with van der Waals surface area (Å²) >= 11 is 1.46. The van der Waals surface area contributed by atoms with Crippen LogP contribution in [-0.4, -0.2) is 23.0 Å². The minimum atomic E-state index is -0.691. The first kappa shape index (κ1) is 14.6. The smallest absolute Gasteiger partial charge is 0.276 e. The molecule has 0 radical (unpaired) electrons. The quantitative estimate of drug-likeness (QED) is 0.823. The number of hydrogen-bond donors (Lipinski definition) is 1. The third-order valence-electron chi connectivity index (χ3n) is 3.09. The van der Waals surface area contributed by atoms with Gasteiger partial charge in [0.25, 0.3) is 5.22 Å². The highest BCUT2D eigenvalue weighted by atomic mass is 32.2. The van der Waals surface area contributed by atoms with Gasteiger partial charge in [-0.15, -0.1) is 10.2 Å². The summed E-state index contributed by atoms with van der Waals surface area (Å²) in [6, 6.07) is 12.1. The SMILES string of the molecule is CNC(C#N)(CCSc1nnc(C)o1)c1ccccc1. The Morgan fingerprint density at radius 3 is 2.65 bits per heavy atom. The third-order valence-corrected chi connectivity index (χ3v) is 3.91. The van der Waals surface area contributed by atoms with E-state index in [-0.39, 0.29) is 0 Å². The molecule has 1 N–H and O–H groups in total. The van der Waals surface area contributed by atoms with Crippen molar-refractivity contribution in [1.29, 1.82) is 5.26 Å². The Morgan fingerprint density at radius 1 is 1.35 bits per heavy atom. The molecule has 0 bridgehead atoms. The van der Waals surface area contributed by atoms with Crippen molar-refractivity contribution in [2.24, 2.45) is 0 Å². The molecule has 1 atom stereocenters. The van der Waals surface area contributed by atoms with Crippen LogP contribution in [0.15, 0.2) is 40.0 Å². The van der Waals surface area contributed by atoms with E-state index in [1.165, 1.54) is 11.8 Å². The van der Waals surface area contributed by atoms with Crippen molar-refractivity contribution >= 4 is 11.8 Å². The summed E-state index contributed by atoms with van der Waals surface area (Å²) in [6.07, 6.45) is 0.649. The van der Waals surface area contributed by atoms with Crippen molar-refractivity contribution in [2.45, 2.75) is 24.1 Å². The lowest BCUT2D eigenvalue weighted by atomic mass is 9.89. The standard InChI is InChI=1S/C14H16N4OS/c1-11-17-18-13(19-11)20-9-8-14(10-15,16-2)12-6-4-3-5-7-12/h3-7,16H,8-9H2,1-2H3. The minimum Gasteiger partial charge on any atom is -0.416 e. The van der Waals surface area contributed by atoms with E-state index < -0.39 is 5.54 Å². The summed E-state index contributed by atoms with van der Waals surface area (Å²) in [7, 11) is 1.80. The summed E-state index contributed by atoms with van der Waals surface area (Å²) in [5.74, 6) is 1.26. The number of benzene rings is 1. The van der Waals surface area contributed by atoms with Crippen LogP contribution in [0.5, 0.6) is 0 Å². The number of nitrogens with zero attached hydrogens (tertiary/aromatic N) is 3. The molecule has 104 valence electrons. The van der Waals surface area contributed by atoms with Crippen LogP contribution < -0.4 is 5.32 Å². The van der Waals surface area contributed by atoms with Gasteiger partial charge in [-0.05, 0) is 19.0 Å². The molecule has 1 aromatic heterocycles. The van der Waals surface area contributed by atoms with Crippen LogP contribution in [0.4, 0.5) is 0 Å².